The third kappa shape index (κ3) is 13.8. The van der Waals surface area contributed by atoms with Crippen molar-refractivity contribution < 1.29 is 0 Å². The van der Waals surface area contributed by atoms with Crippen molar-refractivity contribution in [2.24, 2.45) is 11.3 Å². The highest BCUT2D eigenvalue weighted by Gasteiger charge is 2.33. The molecule has 1 saturated carbocycles. The topological polar surface area (TPSA) is 0 Å². The monoisotopic (exact) mass is 406 g/mol. The average molecular weight is 407 g/mol. The Morgan fingerprint density at radius 1 is 0.483 bits per heavy atom. The van der Waals surface area contributed by atoms with Gasteiger partial charge >= 0.3 is 0 Å². The van der Waals surface area contributed by atoms with Crippen LogP contribution >= 0.6 is 0 Å². The molecule has 1 unspecified atom stereocenters. The predicted octanol–water partition coefficient (Wildman–Crippen LogP) is 11.0. The summed E-state index contributed by atoms with van der Waals surface area (Å²) in [5, 5.41) is 0. The van der Waals surface area contributed by atoms with E-state index in [0.717, 1.165) is 5.92 Å². The molecular formula is C29H58. The fraction of sp³-hybridized carbons (Fsp3) is 1.00. The molecule has 0 aromatic carbocycles. The maximum absolute atomic E-state index is 2.69. The molecule has 29 heavy (non-hydrogen) atoms. The summed E-state index contributed by atoms with van der Waals surface area (Å²) in [4.78, 5) is 0. The predicted molar refractivity (Wildman–Crippen MR) is 134 cm³/mol. The number of rotatable bonds is 20. The number of unbranched alkanes of at least 4 members (excludes halogenated alkanes) is 15. The molecule has 1 rings (SSSR count). The second-order valence-electron chi connectivity index (χ2n) is 10.8. The summed E-state index contributed by atoms with van der Waals surface area (Å²) in [6, 6.07) is 0. The second-order valence-corrected chi connectivity index (χ2v) is 10.8. The van der Waals surface area contributed by atoms with E-state index in [0.29, 0.717) is 5.41 Å². The summed E-state index contributed by atoms with van der Waals surface area (Å²) in [6.45, 7) is 7.33. The highest BCUT2D eigenvalue weighted by atomic mass is 14.4. The quantitative estimate of drug-likeness (QED) is 0.176. The minimum atomic E-state index is 0.657. The molecule has 0 N–H and O–H groups in total. The van der Waals surface area contributed by atoms with E-state index in [9.17, 15) is 0 Å². The van der Waals surface area contributed by atoms with Crippen LogP contribution in [-0.4, -0.2) is 0 Å². The number of hydrogen-bond acceptors (Lipinski definition) is 0. The smallest absolute Gasteiger partial charge is 0.0298 e. The lowest BCUT2D eigenvalue weighted by Gasteiger charge is -2.41. The van der Waals surface area contributed by atoms with Crippen molar-refractivity contribution in [3.63, 3.8) is 0 Å². The Kier molecular flexibility index (Phi) is 17.5. The fourth-order valence-corrected chi connectivity index (χ4v) is 5.83. The van der Waals surface area contributed by atoms with Gasteiger partial charge in [0, 0.05) is 0 Å². The molecule has 0 amide bonds. The second kappa shape index (κ2) is 18.7. The first-order valence-electron chi connectivity index (χ1n) is 14.2. The van der Waals surface area contributed by atoms with Gasteiger partial charge in [-0.05, 0) is 37.0 Å². The third-order valence-electron chi connectivity index (χ3n) is 8.04. The summed E-state index contributed by atoms with van der Waals surface area (Å²) in [7, 11) is 0. The molecule has 0 aromatic rings. The van der Waals surface area contributed by atoms with Gasteiger partial charge in [0.2, 0.25) is 0 Å². The Balaban J connectivity index is 2.19. The molecule has 0 nitrogen and oxygen atoms in total. The third-order valence-corrected chi connectivity index (χ3v) is 8.04. The molecule has 0 heteroatoms. The van der Waals surface area contributed by atoms with E-state index in [-0.39, 0.29) is 0 Å². The van der Waals surface area contributed by atoms with Crippen LogP contribution in [0.4, 0.5) is 0 Å². The molecule has 1 atom stereocenters. The van der Waals surface area contributed by atoms with E-state index in [1.54, 1.807) is 0 Å². The van der Waals surface area contributed by atoms with Crippen molar-refractivity contribution in [1.29, 1.82) is 0 Å². The lowest BCUT2D eigenvalue weighted by molar-refractivity contribution is 0.105. The first-order chi connectivity index (χ1) is 14.2. The maximum Gasteiger partial charge on any atom is -0.0298 e. The summed E-state index contributed by atoms with van der Waals surface area (Å²) >= 11 is 0. The first kappa shape index (κ1) is 27.0. The van der Waals surface area contributed by atoms with Gasteiger partial charge in [-0.25, -0.2) is 0 Å². The van der Waals surface area contributed by atoms with Crippen LogP contribution in [0.3, 0.4) is 0 Å². The summed E-state index contributed by atoms with van der Waals surface area (Å²) in [5.74, 6) is 1.04. The van der Waals surface area contributed by atoms with Crippen molar-refractivity contribution in [1.82, 2.24) is 0 Å². The van der Waals surface area contributed by atoms with E-state index in [2.05, 4.69) is 20.8 Å². The summed E-state index contributed by atoms with van der Waals surface area (Å²) in [6.07, 6.45) is 35.6. The van der Waals surface area contributed by atoms with Crippen molar-refractivity contribution in [2.75, 3.05) is 0 Å². The van der Waals surface area contributed by atoms with E-state index >= 15 is 0 Å². The molecule has 174 valence electrons. The molecule has 0 heterocycles. The van der Waals surface area contributed by atoms with Crippen LogP contribution in [0.5, 0.6) is 0 Å². The largest absolute Gasteiger partial charge is 0.0654 e. The highest BCUT2D eigenvalue weighted by Crippen LogP contribution is 2.45. The molecule has 0 bridgehead atoms. The minimum Gasteiger partial charge on any atom is -0.0654 e. The zero-order chi connectivity index (χ0) is 21.0. The van der Waals surface area contributed by atoms with Gasteiger partial charge in [0.1, 0.15) is 0 Å². The van der Waals surface area contributed by atoms with Gasteiger partial charge in [0.15, 0.2) is 0 Å². The standard InChI is InChI=1S/C29H58/c1-4-6-8-10-12-13-14-16-18-23-27-29(3,28-24-20-19-21-25-28)26-22-17-15-11-9-7-5-2/h28H,4-27H2,1-3H3. The van der Waals surface area contributed by atoms with Gasteiger partial charge in [0.25, 0.3) is 0 Å². The van der Waals surface area contributed by atoms with Gasteiger partial charge < -0.3 is 0 Å². The molecule has 0 saturated heterocycles. The van der Waals surface area contributed by atoms with Crippen LogP contribution < -0.4 is 0 Å². The van der Waals surface area contributed by atoms with Gasteiger partial charge in [-0.3, -0.25) is 0 Å². The van der Waals surface area contributed by atoms with Crippen molar-refractivity contribution in [3.05, 3.63) is 0 Å². The molecular weight excluding hydrogens is 348 g/mol. The van der Waals surface area contributed by atoms with E-state index in [1.807, 2.05) is 0 Å². The average Bonchev–Trinajstić information content (AvgIpc) is 2.75. The fourth-order valence-electron chi connectivity index (χ4n) is 5.83. The molecule has 0 aliphatic heterocycles. The van der Waals surface area contributed by atoms with E-state index in [1.165, 1.54) is 154 Å². The van der Waals surface area contributed by atoms with Crippen LogP contribution in [0.2, 0.25) is 0 Å². The van der Waals surface area contributed by atoms with Crippen molar-refractivity contribution in [3.8, 4) is 0 Å². The Bertz CT molecular complexity index is 327. The normalized spacial score (nSPS) is 17.5. The van der Waals surface area contributed by atoms with Crippen LogP contribution in [0.25, 0.3) is 0 Å². The van der Waals surface area contributed by atoms with Crippen LogP contribution in [0, 0.1) is 11.3 Å². The molecule has 1 aliphatic carbocycles. The van der Waals surface area contributed by atoms with E-state index in [4.69, 9.17) is 0 Å². The Labute approximate surface area is 186 Å². The van der Waals surface area contributed by atoms with Gasteiger partial charge in [-0.1, -0.05) is 149 Å². The Morgan fingerprint density at radius 2 is 0.828 bits per heavy atom. The van der Waals surface area contributed by atoms with Crippen LogP contribution in [-0.2, 0) is 0 Å². The lowest BCUT2D eigenvalue weighted by Crippen LogP contribution is -2.29. The highest BCUT2D eigenvalue weighted by molar-refractivity contribution is 4.84. The van der Waals surface area contributed by atoms with Crippen molar-refractivity contribution in [2.45, 2.75) is 175 Å². The zero-order valence-electron chi connectivity index (χ0n) is 21.0. The summed E-state index contributed by atoms with van der Waals surface area (Å²) in [5.41, 5.74) is 0.657. The summed E-state index contributed by atoms with van der Waals surface area (Å²) < 4.78 is 0. The lowest BCUT2D eigenvalue weighted by atomic mass is 9.65. The molecule has 1 aliphatic rings. The maximum atomic E-state index is 2.69. The van der Waals surface area contributed by atoms with Gasteiger partial charge in [-0.15, -0.1) is 0 Å². The molecule has 0 spiro atoms. The number of hydrogen-bond donors (Lipinski definition) is 0. The van der Waals surface area contributed by atoms with Crippen LogP contribution in [0.1, 0.15) is 175 Å². The van der Waals surface area contributed by atoms with Crippen LogP contribution in [0.15, 0.2) is 0 Å². The molecule has 1 fully saturated rings. The minimum absolute atomic E-state index is 0.657. The zero-order valence-corrected chi connectivity index (χ0v) is 21.0. The SMILES string of the molecule is CCCCCCCCCCCCC(C)(CCCCCCCCC)C1CCCCC1. The first-order valence-corrected chi connectivity index (χ1v) is 14.2. The Hall–Kier alpha value is 0. The van der Waals surface area contributed by atoms with Gasteiger partial charge in [0.05, 0.1) is 0 Å². The van der Waals surface area contributed by atoms with E-state index < -0.39 is 0 Å². The molecule has 0 aromatic heterocycles. The van der Waals surface area contributed by atoms with Gasteiger partial charge in [-0.2, -0.15) is 0 Å². The Morgan fingerprint density at radius 3 is 1.21 bits per heavy atom. The van der Waals surface area contributed by atoms with Crippen molar-refractivity contribution >= 4 is 0 Å². The molecule has 0 radical (unpaired) electrons.